The third kappa shape index (κ3) is 4.17. The summed E-state index contributed by atoms with van der Waals surface area (Å²) in [5.74, 6) is -1.35. The van der Waals surface area contributed by atoms with E-state index in [-0.39, 0.29) is 28.0 Å². The van der Waals surface area contributed by atoms with E-state index >= 15 is 0 Å². The number of nitrogens with zero attached hydrogens (tertiary/aromatic N) is 5. The third-order valence-electron chi connectivity index (χ3n) is 4.78. The molecule has 0 bridgehead atoms. The second-order valence-electron chi connectivity index (χ2n) is 6.88. The molecule has 4 aromatic rings. The average Bonchev–Trinajstić information content (AvgIpc) is 3.37. The lowest BCUT2D eigenvalue weighted by molar-refractivity contribution is -0.0534. The van der Waals surface area contributed by atoms with Crippen LogP contribution >= 0.6 is 15.9 Å². The van der Waals surface area contributed by atoms with E-state index in [9.17, 15) is 17.2 Å². The lowest BCUT2D eigenvalue weighted by atomic mass is 10.1. The predicted octanol–water partition coefficient (Wildman–Crippen LogP) is 2.85. The number of rotatable bonds is 7. The quantitative estimate of drug-likeness (QED) is 0.365. The van der Waals surface area contributed by atoms with Crippen LogP contribution in [0, 0.1) is 0 Å². The van der Waals surface area contributed by atoms with Crippen LogP contribution in [-0.2, 0) is 17.1 Å². The molecule has 0 saturated heterocycles. The molecule has 11 nitrogen and oxygen atoms in total. The first-order valence-corrected chi connectivity index (χ1v) is 11.7. The number of ether oxygens (including phenoxy) is 3. The van der Waals surface area contributed by atoms with Gasteiger partial charge in [0.1, 0.15) is 4.90 Å². The van der Waals surface area contributed by atoms with Gasteiger partial charge < -0.3 is 14.2 Å². The number of aryl methyl sites for hydroxylation is 1. The van der Waals surface area contributed by atoms with Crippen molar-refractivity contribution in [3.8, 4) is 34.6 Å². The largest absolute Gasteiger partial charge is 0.478 e. The van der Waals surface area contributed by atoms with Crippen molar-refractivity contribution in [3.63, 3.8) is 0 Å². The van der Waals surface area contributed by atoms with Gasteiger partial charge in [-0.05, 0) is 6.07 Å². The van der Waals surface area contributed by atoms with Gasteiger partial charge in [-0.2, -0.15) is 23.8 Å². The molecular weight excluding hydrogens is 542 g/mol. The van der Waals surface area contributed by atoms with Gasteiger partial charge in [0, 0.05) is 40.4 Å². The Morgan fingerprint density at radius 1 is 1.12 bits per heavy atom. The second-order valence-corrected chi connectivity index (χ2v) is 9.26. The van der Waals surface area contributed by atoms with Crippen LogP contribution in [0.2, 0.25) is 0 Å². The Labute approximate surface area is 200 Å². The molecule has 0 saturated carbocycles. The van der Waals surface area contributed by atoms with Gasteiger partial charge in [-0.25, -0.2) is 13.6 Å². The summed E-state index contributed by atoms with van der Waals surface area (Å²) in [7, 11) is -0.0494. The highest BCUT2D eigenvalue weighted by Gasteiger charge is 2.27. The summed E-state index contributed by atoms with van der Waals surface area (Å²) in [5.41, 5.74) is 1.57. The van der Waals surface area contributed by atoms with Crippen molar-refractivity contribution in [2.24, 2.45) is 12.2 Å². The molecule has 4 rings (SSSR count). The first-order chi connectivity index (χ1) is 16.0. The number of sulfonamides is 1. The third-order valence-corrected chi connectivity index (χ3v) is 6.38. The molecule has 0 aliphatic rings. The zero-order chi connectivity index (χ0) is 24.8. The minimum absolute atomic E-state index is 0.140. The van der Waals surface area contributed by atoms with Gasteiger partial charge in [-0.3, -0.25) is 9.25 Å². The summed E-state index contributed by atoms with van der Waals surface area (Å²) in [4.78, 5) is 8.12. The number of fused-ring (bicyclic) bond motifs is 1. The Morgan fingerprint density at radius 3 is 2.26 bits per heavy atom. The fourth-order valence-corrected chi connectivity index (χ4v) is 4.72. The summed E-state index contributed by atoms with van der Waals surface area (Å²) in [6.45, 7) is -3.19. The smallest absolute Gasteiger partial charge is 0.387 e. The van der Waals surface area contributed by atoms with Crippen LogP contribution < -0.4 is 19.3 Å². The number of hydrogen-bond acceptors (Lipinski definition) is 8. The molecule has 0 amide bonds. The molecule has 34 heavy (non-hydrogen) atoms. The highest BCUT2D eigenvalue weighted by atomic mass is 79.9. The van der Waals surface area contributed by atoms with Crippen LogP contribution in [-0.4, -0.2) is 53.6 Å². The lowest BCUT2D eigenvalue weighted by Crippen LogP contribution is -2.12. The van der Waals surface area contributed by atoms with Gasteiger partial charge in [0.15, 0.2) is 0 Å². The number of nitrogens with two attached hydrogens (primary N) is 1. The van der Waals surface area contributed by atoms with Gasteiger partial charge in [0.25, 0.3) is 11.8 Å². The maximum Gasteiger partial charge on any atom is 0.387 e. The number of benzene rings is 1. The van der Waals surface area contributed by atoms with Crippen LogP contribution in [0.25, 0.3) is 28.0 Å². The topological polar surface area (TPSA) is 136 Å². The van der Waals surface area contributed by atoms with Crippen molar-refractivity contribution in [2.75, 3.05) is 14.2 Å². The summed E-state index contributed by atoms with van der Waals surface area (Å²) in [6, 6.07) is 3.24. The van der Waals surface area contributed by atoms with Crippen molar-refractivity contribution in [1.29, 1.82) is 0 Å². The van der Waals surface area contributed by atoms with Crippen LogP contribution in [0.1, 0.15) is 0 Å². The second kappa shape index (κ2) is 8.81. The summed E-state index contributed by atoms with van der Waals surface area (Å²) in [5, 5.41) is 9.93. The van der Waals surface area contributed by atoms with E-state index in [0.717, 1.165) is 0 Å². The molecule has 15 heteroatoms. The van der Waals surface area contributed by atoms with E-state index in [1.54, 1.807) is 36.3 Å². The Hall–Kier alpha value is -3.30. The molecule has 1 aromatic carbocycles. The zero-order valence-electron chi connectivity index (χ0n) is 17.9. The number of methoxy groups -OCH3 is 2. The van der Waals surface area contributed by atoms with E-state index in [2.05, 4.69) is 35.7 Å². The highest BCUT2D eigenvalue weighted by Crippen LogP contribution is 2.41. The number of halogens is 3. The number of alkyl halides is 2. The van der Waals surface area contributed by atoms with Gasteiger partial charge in [-0.15, -0.1) is 0 Å². The fourth-order valence-electron chi connectivity index (χ4n) is 3.45. The highest BCUT2D eigenvalue weighted by molar-refractivity contribution is 9.10. The molecule has 0 spiro atoms. The molecule has 0 fully saturated rings. The number of aromatic nitrogens is 5. The normalized spacial score (nSPS) is 11.9. The average molecular weight is 559 g/mol. The van der Waals surface area contributed by atoms with Crippen molar-refractivity contribution in [2.45, 2.75) is 11.5 Å². The van der Waals surface area contributed by atoms with Gasteiger partial charge in [-0.1, -0.05) is 22.0 Å². The molecular formula is C19H17BrF2N6O5S. The molecule has 0 radical (unpaired) electrons. The standard InChI is InChI=1S/C19H17BrF2N6O5S/c1-27-7-9(6-24-27)13-11(20)5-4-10-12(34(23,29)30)8-28(14(10)13)19-25-16(31-2)15(33-18(21)22)17(26-19)32-3/h4-8,18H,1-3H3,(H2,23,29,30). The van der Waals surface area contributed by atoms with Crippen molar-refractivity contribution in [1.82, 2.24) is 24.3 Å². The Morgan fingerprint density at radius 2 is 1.76 bits per heavy atom. The van der Waals surface area contributed by atoms with Crippen molar-refractivity contribution >= 4 is 36.9 Å². The molecule has 0 unspecified atom stereocenters. The molecule has 0 aliphatic heterocycles. The Bertz CT molecular complexity index is 1480. The predicted molar refractivity (Wildman–Crippen MR) is 120 cm³/mol. The summed E-state index contributed by atoms with van der Waals surface area (Å²) in [6.07, 6.45) is 4.55. The van der Waals surface area contributed by atoms with Crippen molar-refractivity contribution in [3.05, 3.63) is 35.2 Å². The van der Waals surface area contributed by atoms with Crippen molar-refractivity contribution < 1.29 is 31.4 Å². The molecule has 3 aromatic heterocycles. The van der Waals surface area contributed by atoms with E-state index < -0.39 is 22.4 Å². The summed E-state index contributed by atoms with van der Waals surface area (Å²) < 4.78 is 68.8. The number of primary sulfonamides is 1. The first-order valence-electron chi connectivity index (χ1n) is 9.35. The summed E-state index contributed by atoms with van der Waals surface area (Å²) >= 11 is 3.50. The van der Waals surface area contributed by atoms with E-state index in [1.165, 1.54) is 25.0 Å². The van der Waals surface area contributed by atoms with Gasteiger partial charge in [0.05, 0.1) is 25.9 Å². The fraction of sp³-hybridized carbons (Fsp3) is 0.211. The minimum atomic E-state index is -4.18. The Balaban J connectivity index is 2.12. The van der Waals surface area contributed by atoms with E-state index in [1.807, 2.05) is 0 Å². The maximum atomic E-state index is 12.9. The molecule has 0 aliphatic carbocycles. The number of hydrogen-bond donors (Lipinski definition) is 1. The van der Waals surface area contributed by atoms with E-state index in [0.29, 0.717) is 21.1 Å². The first kappa shape index (κ1) is 23.8. The maximum absolute atomic E-state index is 12.9. The molecule has 0 atom stereocenters. The van der Waals surface area contributed by atoms with Crippen LogP contribution in [0.3, 0.4) is 0 Å². The lowest BCUT2D eigenvalue weighted by Gasteiger charge is -2.15. The molecule has 2 N–H and O–H groups in total. The SMILES string of the molecule is COc1nc(-n2cc(S(N)(=O)=O)c3ccc(Br)c(-c4cnn(C)c4)c32)nc(OC)c1OC(F)F. The Kier molecular flexibility index (Phi) is 6.18. The van der Waals surface area contributed by atoms with Gasteiger partial charge in [0.2, 0.25) is 21.7 Å². The molecule has 3 heterocycles. The zero-order valence-corrected chi connectivity index (χ0v) is 20.3. The molecule has 180 valence electrons. The van der Waals surface area contributed by atoms with Crippen LogP contribution in [0.5, 0.6) is 17.5 Å². The van der Waals surface area contributed by atoms with E-state index in [4.69, 9.17) is 14.6 Å². The van der Waals surface area contributed by atoms with Crippen LogP contribution in [0.15, 0.2) is 40.1 Å². The minimum Gasteiger partial charge on any atom is -0.478 e. The van der Waals surface area contributed by atoms with Gasteiger partial charge >= 0.3 is 6.61 Å². The monoisotopic (exact) mass is 558 g/mol. The van der Waals surface area contributed by atoms with Crippen LogP contribution in [0.4, 0.5) is 8.78 Å².